The van der Waals surface area contributed by atoms with Crippen molar-refractivity contribution in [2.75, 3.05) is 0 Å². The van der Waals surface area contributed by atoms with E-state index in [1.807, 2.05) is 0 Å². The second-order valence-corrected chi connectivity index (χ2v) is 3.20. The zero-order chi connectivity index (χ0) is 10.8. The van der Waals surface area contributed by atoms with Crippen LogP contribution in [0.2, 0.25) is 0 Å². The summed E-state index contributed by atoms with van der Waals surface area (Å²) in [5.74, 6) is 4.48. The van der Waals surface area contributed by atoms with Crippen molar-refractivity contribution in [2.24, 2.45) is 0 Å². The van der Waals surface area contributed by atoms with Crippen molar-refractivity contribution in [1.29, 1.82) is 0 Å². The molecule has 0 saturated heterocycles. The summed E-state index contributed by atoms with van der Waals surface area (Å²) in [6.07, 6.45) is 0. The smallest absolute Gasteiger partial charge is 0.133 e. The molecule has 2 aromatic carbocycles. The molecule has 0 unspecified atom stereocenters. The molecule has 15 heavy (non-hydrogen) atoms. The van der Waals surface area contributed by atoms with Gasteiger partial charge in [0.05, 0.1) is 0 Å². The van der Waals surface area contributed by atoms with Crippen molar-refractivity contribution in [1.82, 2.24) is 0 Å². The van der Waals surface area contributed by atoms with Gasteiger partial charge >= 0.3 is 0 Å². The highest BCUT2D eigenvalue weighted by Crippen LogP contribution is 2.20. The van der Waals surface area contributed by atoms with Gasteiger partial charge in [-0.1, -0.05) is 12.0 Å². The topological polar surface area (TPSA) is 0 Å². The molecule has 0 bridgehead atoms. The van der Waals surface area contributed by atoms with Crippen molar-refractivity contribution in [2.45, 2.75) is 6.92 Å². The first-order valence-corrected chi connectivity index (χ1v) is 4.52. The Morgan fingerprint density at radius 3 is 2.60 bits per heavy atom. The predicted octanol–water partition coefficient (Wildman–Crippen LogP) is 3.49. The van der Waals surface area contributed by atoms with Crippen LogP contribution in [0.4, 0.5) is 8.78 Å². The lowest BCUT2D eigenvalue weighted by atomic mass is 10.1. The largest absolute Gasteiger partial charge is 0.207 e. The Kier molecular flexibility index (Phi) is 2.39. The van der Waals surface area contributed by atoms with E-state index in [1.54, 1.807) is 25.1 Å². The molecular weight excluding hydrogens is 194 g/mol. The predicted molar refractivity (Wildman–Crippen MR) is 56.4 cm³/mol. The van der Waals surface area contributed by atoms with Gasteiger partial charge in [0.1, 0.15) is 11.6 Å². The Hall–Kier alpha value is -1.88. The van der Waals surface area contributed by atoms with Gasteiger partial charge in [-0.15, -0.1) is 5.92 Å². The number of hydrogen-bond donors (Lipinski definition) is 0. The van der Waals surface area contributed by atoms with E-state index < -0.39 is 11.6 Å². The first-order valence-electron chi connectivity index (χ1n) is 4.52. The number of fused-ring (bicyclic) bond motifs is 1. The SMILES string of the molecule is CC#Cc1ccc2c(F)cc(F)cc2c1. The molecule has 0 radical (unpaired) electrons. The van der Waals surface area contributed by atoms with Gasteiger partial charge in [0.15, 0.2) is 0 Å². The van der Waals surface area contributed by atoms with Crippen LogP contribution in [-0.2, 0) is 0 Å². The van der Waals surface area contributed by atoms with Gasteiger partial charge in [0.25, 0.3) is 0 Å². The minimum atomic E-state index is -0.568. The molecule has 0 aromatic heterocycles. The first kappa shape index (κ1) is 9.67. The molecule has 2 rings (SSSR count). The van der Waals surface area contributed by atoms with Crippen LogP contribution < -0.4 is 0 Å². The van der Waals surface area contributed by atoms with Gasteiger partial charge in [-0.05, 0) is 30.5 Å². The molecular formula is C13H8F2. The summed E-state index contributed by atoms with van der Waals surface area (Å²) < 4.78 is 26.2. The highest BCUT2D eigenvalue weighted by atomic mass is 19.1. The van der Waals surface area contributed by atoms with E-state index in [4.69, 9.17) is 0 Å². The zero-order valence-corrected chi connectivity index (χ0v) is 8.14. The van der Waals surface area contributed by atoms with Crippen LogP contribution in [0.1, 0.15) is 12.5 Å². The monoisotopic (exact) mass is 202 g/mol. The lowest BCUT2D eigenvalue weighted by molar-refractivity contribution is 0.592. The summed E-state index contributed by atoms with van der Waals surface area (Å²) in [5, 5.41) is 0.950. The van der Waals surface area contributed by atoms with Gasteiger partial charge in [0, 0.05) is 17.0 Å². The highest BCUT2D eigenvalue weighted by Gasteiger charge is 2.03. The number of benzene rings is 2. The lowest BCUT2D eigenvalue weighted by Crippen LogP contribution is -1.84. The van der Waals surface area contributed by atoms with Crippen LogP contribution in [-0.4, -0.2) is 0 Å². The average Bonchev–Trinajstić information content (AvgIpc) is 2.17. The van der Waals surface area contributed by atoms with Crippen LogP contribution in [0.5, 0.6) is 0 Å². The van der Waals surface area contributed by atoms with Crippen LogP contribution in [0.15, 0.2) is 30.3 Å². The van der Waals surface area contributed by atoms with Crippen molar-refractivity contribution in [3.05, 3.63) is 47.5 Å². The van der Waals surface area contributed by atoms with E-state index in [9.17, 15) is 8.78 Å². The third-order valence-electron chi connectivity index (χ3n) is 2.14. The van der Waals surface area contributed by atoms with Crippen LogP contribution >= 0.6 is 0 Å². The fourth-order valence-electron chi connectivity index (χ4n) is 1.51. The molecule has 0 aliphatic heterocycles. The van der Waals surface area contributed by atoms with Crippen molar-refractivity contribution >= 4 is 10.8 Å². The first-order chi connectivity index (χ1) is 7.20. The summed E-state index contributed by atoms with van der Waals surface area (Å²) in [6, 6.07) is 7.20. The molecule has 0 aliphatic rings. The maximum Gasteiger partial charge on any atom is 0.133 e. The summed E-state index contributed by atoms with van der Waals surface area (Å²) in [4.78, 5) is 0. The van der Waals surface area contributed by atoms with Crippen molar-refractivity contribution in [3.8, 4) is 11.8 Å². The van der Waals surface area contributed by atoms with Gasteiger partial charge in [-0.25, -0.2) is 8.78 Å². The standard InChI is InChI=1S/C13H8F2/c1-2-3-9-4-5-12-10(6-9)7-11(14)8-13(12)15/h4-8H,1H3. The van der Waals surface area contributed by atoms with Crippen LogP contribution in [0.25, 0.3) is 10.8 Å². The van der Waals surface area contributed by atoms with Crippen molar-refractivity contribution < 1.29 is 8.78 Å². The molecule has 0 nitrogen and oxygen atoms in total. The molecule has 0 N–H and O–H groups in total. The second-order valence-electron chi connectivity index (χ2n) is 3.20. The summed E-state index contributed by atoms with van der Waals surface area (Å²) in [5.41, 5.74) is 0.759. The maximum absolute atomic E-state index is 13.3. The Labute approximate surface area is 86.5 Å². The number of halogens is 2. The van der Waals surface area contributed by atoms with E-state index in [2.05, 4.69) is 11.8 Å². The molecule has 0 spiro atoms. The van der Waals surface area contributed by atoms with E-state index in [0.29, 0.717) is 10.8 Å². The van der Waals surface area contributed by atoms with E-state index in [-0.39, 0.29) is 0 Å². The molecule has 74 valence electrons. The zero-order valence-electron chi connectivity index (χ0n) is 8.14. The second kappa shape index (κ2) is 3.70. The number of rotatable bonds is 0. The molecule has 0 heterocycles. The molecule has 2 aromatic rings. The average molecular weight is 202 g/mol. The third-order valence-corrected chi connectivity index (χ3v) is 2.14. The third kappa shape index (κ3) is 1.82. The molecule has 0 saturated carbocycles. The maximum atomic E-state index is 13.3. The van der Waals surface area contributed by atoms with Crippen molar-refractivity contribution in [3.63, 3.8) is 0 Å². The minimum absolute atomic E-state index is 0.415. The summed E-state index contributed by atoms with van der Waals surface area (Å²) in [6.45, 7) is 1.72. The Balaban J connectivity index is 2.74. The van der Waals surface area contributed by atoms with Gasteiger partial charge in [-0.2, -0.15) is 0 Å². The van der Waals surface area contributed by atoms with Crippen LogP contribution in [0.3, 0.4) is 0 Å². The van der Waals surface area contributed by atoms with Gasteiger partial charge in [-0.3, -0.25) is 0 Å². The lowest BCUT2D eigenvalue weighted by Gasteiger charge is -2.00. The molecule has 0 atom stereocenters. The molecule has 2 heteroatoms. The fraction of sp³-hybridized carbons (Fsp3) is 0.0769. The summed E-state index contributed by atoms with van der Waals surface area (Å²) in [7, 11) is 0. The van der Waals surface area contributed by atoms with E-state index >= 15 is 0 Å². The van der Waals surface area contributed by atoms with Crippen LogP contribution in [0, 0.1) is 23.5 Å². The fourth-order valence-corrected chi connectivity index (χ4v) is 1.51. The summed E-state index contributed by atoms with van der Waals surface area (Å²) >= 11 is 0. The quantitative estimate of drug-likeness (QED) is 0.573. The normalized spacial score (nSPS) is 9.80. The van der Waals surface area contributed by atoms with E-state index in [1.165, 1.54) is 6.07 Å². The molecule has 0 amide bonds. The Morgan fingerprint density at radius 1 is 1.07 bits per heavy atom. The minimum Gasteiger partial charge on any atom is -0.207 e. The Bertz CT molecular complexity index is 574. The van der Waals surface area contributed by atoms with Gasteiger partial charge < -0.3 is 0 Å². The van der Waals surface area contributed by atoms with Gasteiger partial charge in [0.2, 0.25) is 0 Å². The number of hydrogen-bond acceptors (Lipinski definition) is 0. The Morgan fingerprint density at radius 2 is 1.87 bits per heavy atom. The molecule has 0 fully saturated rings. The molecule has 0 aliphatic carbocycles. The highest BCUT2D eigenvalue weighted by molar-refractivity contribution is 5.84. The van der Waals surface area contributed by atoms with E-state index in [0.717, 1.165) is 11.6 Å².